The topological polar surface area (TPSA) is 65.5 Å². The summed E-state index contributed by atoms with van der Waals surface area (Å²) in [6, 6.07) is 0.237. The number of nitrogens with zero attached hydrogens (tertiary/aromatic N) is 2. The van der Waals surface area contributed by atoms with Crippen molar-refractivity contribution >= 4 is 17.4 Å². The van der Waals surface area contributed by atoms with E-state index in [1.54, 1.807) is 11.3 Å². The van der Waals surface area contributed by atoms with Crippen LogP contribution in [0.5, 0.6) is 0 Å². The average Bonchev–Trinajstić information content (AvgIpc) is 3.01. The van der Waals surface area contributed by atoms with Gasteiger partial charge in [-0.25, -0.2) is 9.78 Å². The number of nitrogens with one attached hydrogen (secondary N) is 1. The molecule has 2 rings (SSSR count). The molecule has 1 saturated carbocycles. The van der Waals surface area contributed by atoms with E-state index in [4.69, 9.17) is 0 Å². The average molecular weight is 340 g/mol. The molecule has 1 aliphatic rings. The summed E-state index contributed by atoms with van der Waals surface area (Å²) in [7, 11) is 1.86. The van der Waals surface area contributed by atoms with E-state index in [1.165, 1.54) is 0 Å². The first-order valence-corrected chi connectivity index (χ1v) is 9.25. The van der Waals surface area contributed by atoms with Crippen molar-refractivity contribution in [3.8, 4) is 0 Å². The van der Waals surface area contributed by atoms with Crippen LogP contribution in [0, 0.1) is 5.92 Å². The zero-order valence-electron chi connectivity index (χ0n) is 14.6. The molecule has 1 aromatic rings. The zero-order valence-corrected chi connectivity index (χ0v) is 15.4. The maximum atomic E-state index is 12.3. The number of amides is 2. The molecule has 0 spiro atoms. The smallest absolute Gasteiger partial charge is 0.317 e. The molecular formula is C17H29N3O2S. The van der Waals surface area contributed by atoms with Gasteiger partial charge in [-0.2, -0.15) is 0 Å². The second-order valence-corrected chi connectivity index (χ2v) is 8.38. The number of aliphatic hydroxyl groups is 1. The summed E-state index contributed by atoms with van der Waals surface area (Å²) in [5.74, 6) is 0.411. The van der Waals surface area contributed by atoms with E-state index < -0.39 is 0 Å². The molecule has 0 aromatic carbocycles. The van der Waals surface area contributed by atoms with Crippen molar-refractivity contribution in [3.05, 3.63) is 16.1 Å². The summed E-state index contributed by atoms with van der Waals surface area (Å²) in [5.41, 5.74) is 0.973. The van der Waals surface area contributed by atoms with Gasteiger partial charge in [-0.05, 0) is 31.6 Å². The second kappa shape index (κ2) is 7.62. The summed E-state index contributed by atoms with van der Waals surface area (Å²) < 4.78 is 0. The number of carbonyl (C=O) groups excluding carboxylic acids is 1. The fourth-order valence-electron chi connectivity index (χ4n) is 2.90. The van der Waals surface area contributed by atoms with Gasteiger partial charge in [0.1, 0.15) is 0 Å². The normalized spacial score (nSPS) is 22.0. The SMILES string of the molecule is CN(C(=O)NCc1csc(C(C)(C)C)n1)C1CCC(CO)CC1. The van der Waals surface area contributed by atoms with E-state index in [9.17, 15) is 9.90 Å². The van der Waals surface area contributed by atoms with Crippen LogP contribution < -0.4 is 5.32 Å². The molecule has 0 bridgehead atoms. The molecule has 1 aromatic heterocycles. The lowest BCUT2D eigenvalue weighted by molar-refractivity contribution is 0.134. The van der Waals surface area contributed by atoms with Crippen LogP contribution in [-0.4, -0.2) is 40.7 Å². The van der Waals surface area contributed by atoms with Crippen molar-refractivity contribution in [1.82, 2.24) is 15.2 Å². The first kappa shape index (κ1) is 18.2. The molecule has 0 aliphatic heterocycles. The maximum Gasteiger partial charge on any atom is 0.317 e. The Morgan fingerprint density at radius 1 is 1.39 bits per heavy atom. The highest BCUT2D eigenvalue weighted by Gasteiger charge is 2.26. The predicted octanol–water partition coefficient (Wildman–Crippen LogP) is 3.13. The number of aromatic nitrogens is 1. The molecule has 6 heteroatoms. The van der Waals surface area contributed by atoms with Gasteiger partial charge in [0.25, 0.3) is 0 Å². The minimum Gasteiger partial charge on any atom is -0.396 e. The van der Waals surface area contributed by atoms with E-state index in [2.05, 4.69) is 31.1 Å². The summed E-state index contributed by atoms with van der Waals surface area (Å²) in [4.78, 5) is 18.7. The molecule has 1 heterocycles. The Labute approximate surface area is 143 Å². The Kier molecular flexibility index (Phi) is 6.03. The van der Waals surface area contributed by atoms with Gasteiger partial charge in [0.05, 0.1) is 17.2 Å². The number of aliphatic hydroxyl groups excluding tert-OH is 1. The van der Waals surface area contributed by atoms with Gasteiger partial charge in [-0.1, -0.05) is 20.8 Å². The van der Waals surface area contributed by atoms with Crippen LogP contribution >= 0.6 is 11.3 Å². The van der Waals surface area contributed by atoms with Crippen LogP contribution in [0.15, 0.2) is 5.38 Å². The molecule has 23 heavy (non-hydrogen) atoms. The molecule has 2 N–H and O–H groups in total. The first-order valence-electron chi connectivity index (χ1n) is 8.37. The van der Waals surface area contributed by atoms with E-state index in [-0.39, 0.29) is 24.1 Å². The van der Waals surface area contributed by atoms with E-state index >= 15 is 0 Å². The summed E-state index contributed by atoms with van der Waals surface area (Å²) >= 11 is 1.65. The quantitative estimate of drug-likeness (QED) is 0.886. The molecule has 1 aliphatic carbocycles. The van der Waals surface area contributed by atoms with Gasteiger partial charge < -0.3 is 15.3 Å². The molecule has 130 valence electrons. The largest absolute Gasteiger partial charge is 0.396 e. The lowest BCUT2D eigenvalue weighted by atomic mass is 9.86. The highest BCUT2D eigenvalue weighted by Crippen LogP contribution is 2.27. The third-order valence-electron chi connectivity index (χ3n) is 4.56. The standard InChI is InChI=1S/C17H29N3O2S/c1-17(2,3)15-19-13(11-23-15)9-18-16(22)20(4)14-7-5-12(10-21)6-8-14/h11-12,14,21H,5-10H2,1-4H3,(H,18,22). The summed E-state index contributed by atoms with van der Waals surface area (Å²) in [6.45, 7) is 7.17. The second-order valence-electron chi connectivity index (χ2n) is 7.52. The Balaban J connectivity index is 1.81. The number of carbonyl (C=O) groups is 1. The van der Waals surface area contributed by atoms with Crippen LogP contribution in [0.3, 0.4) is 0 Å². The number of hydrogen-bond acceptors (Lipinski definition) is 4. The fourth-order valence-corrected chi connectivity index (χ4v) is 3.81. The van der Waals surface area contributed by atoms with Crippen LogP contribution in [0.25, 0.3) is 0 Å². The van der Waals surface area contributed by atoms with Gasteiger partial charge in [0, 0.05) is 30.5 Å². The van der Waals surface area contributed by atoms with Crippen molar-refractivity contribution in [1.29, 1.82) is 0 Å². The molecule has 0 unspecified atom stereocenters. The Bertz CT molecular complexity index is 516. The lowest BCUT2D eigenvalue weighted by Crippen LogP contribution is -2.45. The molecule has 5 nitrogen and oxygen atoms in total. The number of urea groups is 1. The monoisotopic (exact) mass is 339 g/mol. The minimum absolute atomic E-state index is 0.0391. The first-order chi connectivity index (χ1) is 10.8. The van der Waals surface area contributed by atoms with Crippen LogP contribution in [0.2, 0.25) is 0 Å². The molecular weight excluding hydrogens is 310 g/mol. The van der Waals surface area contributed by atoms with Crippen LogP contribution in [-0.2, 0) is 12.0 Å². The van der Waals surface area contributed by atoms with Gasteiger partial charge in [0.15, 0.2) is 0 Å². The number of thiazole rings is 1. The van der Waals surface area contributed by atoms with Crippen molar-refractivity contribution < 1.29 is 9.90 Å². The molecule has 0 radical (unpaired) electrons. The molecule has 0 saturated heterocycles. The van der Waals surface area contributed by atoms with E-state index in [1.807, 2.05) is 17.3 Å². The van der Waals surface area contributed by atoms with Crippen LogP contribution in [0.4, 0.5) is 4.79 Å². The minimum atomic E-state index is -0.0391. The Hall–Kier alpha value is -1.14. The third kappa shape index (κ3) is 4.91. The Morgan fingerprint density at radius 3 is 2.57 bits per heavy atom. The highest BCUT2D eigenvalue weighted by molar-refractivity contribution is 7.09. The molecule has 0 atom stereocenters. The van der Waals surface area contributed by atoms with Gasteiger partial charge in [-0.3, -0.25) is 0 Å². The third-order valence-corrected chi connectivity index (χ3v) is 5.87. The maximum absolute atomic E-state index is 12.3. The van der Waals surface area contributed by atoms with Crippen LogP contribution in [0.1, 0.15) is 57.2 Å². The van der Waals surface area contributed by atoms with Crippen molar-refractivity contribution in [3.63, 3.8) is 0 Å². The summed E-state index contributed by atoms with van der Waals surface area (Å²) in [6.07, 6.45) is 3.94. The van der Waals surface area contributed by atoms with Crippen molar-refractivity contribution in [2.75, 3.05) is 13.7 Å². The van der Waals surface area contributed by atoms with E-state index in [0.29, 0.717) is 12.5 Å². The molecule has 2 amide bonds. The molecule has 1 fully saturated rings. The lowest BCUT2D eigenvalue weighted by Gasteiger charge is -2.34. The highest BCUT2D eigenvalue weighted by atomic mass is 32.1. The van der Waals surface area contributed by atoms with Gasteiger partial charge in [-0.15, -0.1) is 11.3 Å². The Morgan fingerprint density at radius 2 is 2.04 bits per heavy atom. The fraction of sp³-hybridized carbons (Fsp3) is 0.765. The van der Waals surface area contributed by atoms with Gasteiger partial charge >= 0.3 is 6.03 Å². The summed E-state index contributed by atoms with van der Waals surface area (Å²) in [5, 5.41) is 15.3. The predicted molar refractivity (Wildman–Crippen MR) is 93.6 cm³/mol. The number of rotatable bonds is 4. The van der Waals surface area contributed by atoms with E-state index in [0.717, 1.165) is 36.4 Å². The number of hydrogen-bond donors (Lipinski definition) is 2. The van der Waals surface area contributed by atoms with Crippen molar-refractivity contribution in [2.24, 2.45) is 5.92 Å². The van der Waals surface area contributed by atoms with Crippen molar-refractivity contribution in [2.45, 2.75) is 64.5 Å². The van der Waals surface area contributed by atoms with Gasteiger partial charge in [0.2, 0.25) is 0 Å². The zero-order chi connectivity index (χ0) is 17.0.